The number of amides is 2. The summed E-state index contributed by atoms with van der Waals surface area (Å²) in [6.45, 7) is 3.01. The zero-order valence-electron chi connectivity index (χ0n) is 13.1. The monoisotopic (exact) mass is 336 g/mol. The molecule has 0 spiro atoms. The normalized spacial score (nSPS) is 10.1. The summed E-state index contributed by atoms with van der Waals surface area (Å²) in [5.74, 6) is -0.577. The number of hydrogen-bond donors (Lipinski definition) is 2. The Morgan fingerprint density at radius 1 is 1.00 bits per heavy atom. The average Bonchev–Trinajstić information content (AvgIpc) is 2.57. The van der Waals surface area contributed by atoms with Gasteiger partial charge in [0, 0.05) is 11.8 Å². The van der Waals surface area contributed by atoms with E-state index in [9.17, 15) is 13.6 Å². The number of hydrogen-bond acceptors (Lipinski definition) is 3. The van der Waals surface area contributed by atoms with Gasteiger partial charge >= 0.3 is 6.03 Å². The molecule has 0 saturated heterocycles. The van der Waals surface area contributed by atoms with E-state index in [1.165, 1.54) is 6.07 Å². The van der Waals surface area contributed by atoms with Gasteiger partial charge in [-0.15, -0.1) is 0 Å². The van der Waals surface area contributed by atoms with Crippen LogP contribution < -0.4 is 20.1 Å². The summed E-state index contributed by atoms with van der Waals surface area (Å²) >= 11 is 0. The fraction of sp³-hybridized carbons (Fsp3) is 0.235. The molecule has 0 aliphatic carbocycles. The first-order chi connectivity index (χ1) is 11.6. The first kappa shape index (κ1) is 17.5. The second-order valence-corrected chi connectivity index (χ2v) is 4.76. The number of benzene rings is 2. The smallest absolute Gasteiger partial charge is 0.319 e. The Kier molecular flexibility index (Phi) is 6.36. The molecule has 2 amide bonds. The molecule has 0 aromatic heterocycles. The summed E-state index contributed by atoms with van der Waals surface area (Å²) < 4.78 is 36.6. The molecular formula is C17H18F2N2O3. The number of ether oxygens (including phenoxy) is 2. The van der Waals surface area contributed by atoms with Crippen LogP contribution in [-0.4, -0.2) is 25.8 Å². The molecule has 5 nitrogen and oxygen atoms in total. The molecular weight excluding hydrogens is 318 g/mol. The van der Waals surface area contributed by atoms with Crippen LogP contribution in [0, 0.1) is 11.6 Å². The molecule has 0 aliphatic rings. The van der Waals surface area contributed by atoms with Crippen LogP contribution in [0.1, 0.15) is 6.92 Å². The molecule has 7 heteroatoms. The fourth-order valence-corrected chi connectivity index (χ4v) is 1.88. The average molecular weight is 336 g/mol. The van der Waals surface area contributed by atoms with Crippen molar-refractivity contribution in [2.75, 3.05) is 25.1 Å². The topological polar surface area (TPSA) is 59.6 Å². The van der Waals surface area contributed by atoms with E-state index < -0.39 is 17.7 Å². The molecule has 0 atom stereocenters. The van der Waals surface area contributed by atoms with Gasteiger partial charge in [-0.25, -0.2) is 13.6 Å². The van der Waals surface area contributed by atoms with E-state index in [2.05, 4.69) is 10.6 Å². The Morgan fingerprint density at radius 2 is 1.67 bits per heavy atom. The highest BCUT2D eigenvalue weighted by molar-refractivity contribution is 5.89. The molecule has 2 rings (SSSR count). The van der Waals surface area contributed by atoms with Gasteiger partial charge in [-0.05, 0) is 43.3 Å². The highest BCUT2D eigenvalue weighted by atomic mass is 19.2. The molecule has 2 N–H and O–H groups in total. The van der Waals surface area contributed by atoms with Crippen molar-refractivity contribution in [3.63, 3.8) is 0 Å². The highest BCUT2D eigenvalue weighted by Crippen LogP contribution is 2.17. The molecule has 0 bridgehead atoms. The van der Waals surface area contributed by atoms with Crippen LogP contribution >= 0.6 is 0 Å². The van der Waals surface area contributed by atoms with Gasteiger partial charge in [-0.3, -0.25) is 0 Å². The van der Waals surface area contributed by atoms with E-state index >= 15 is 0 Å². The van der Waals surface area contributed by atoms with Gasteiger partial charge in [0.25, 0.3) is 0 Å². The van der Waals surface area contributed by atoms with Crippen LogP contribution in [0.3, 0.4) is 0 Å². The summed E-state index contributed by atoms with van der Waals surface area (Å²) in [6.07, 6.45) is 0. The number of rotatable bonds is 7. The van der Waals surface area contributed by atoms with Gasteiger partial charge in [-0.1, -0.05) is 0 Å². The molecule has 0 fully saturated rings. The van der Waals surface area contributed by atoms with E-state index in [4.69, 9.17) is 9.47 Å². The lowest BCUT2D eigenvalue weighted by Crippen LogP contribution is -2.32. The summed E-state index contributed by atoms with van der Waals surface area (Å²) in [6, 6.07) is 9.72. The zero-order chi connectivity index (χ0) is 17.4. The van der Waals surface area contributed by atoms with Crippen molar-refractivity contribution < 1.29 is 23.0 Å². The van der Waals surface area contributed by atoms with Crippen molar-refractivity contribution in [2.45, 2.75) is 6.92 Å². The Morgan fingerprint density at radius 3 is 2.29 bits per heavy atom. The van der Waals surface area contributed by atoms with Gasteiger partial charge in [0.1, 0.15) is 18.1 Å². The van der Waals surface area contributed by atoms with E-state index in [1.54, 1.807) is 24.3 Å². The lowest BCUT2D eigenvalue weighted by molar-refractivity contribution is 0.247. The van der Waals surface area contributed by atoms with Gasteiger partial charge in [-0.2, -0.15) is 0 Å². The van der Waals surface area contributed by atoms with E-state index in [0.717, 1.165) is 17.9 Å². The van der Waals surface area contributed by atoms with E-state index in [0.29, 0.717) is 12.4 Å². The molecule has 0 saturated carbocycles. The van der Waals surface area contributed by atoms with Gasteiger partial charge in [0.05, 0.1) is 13.2 Å². The SMILES string of the molecule is CCOc1ccc(OCCNC(=O)Nc2ccc(F)c(F)c2)cc1. The van der Waals surface area contributed by atoms with Crippen molar-refractivity contribution in [1.29, 1.82) is 0 Å². The lowest BCUT2D eigenvalue weighted by Gasteiger charge is -2.10. The molecule has 24 heavy (non-hydrogen) atoms. The number of halogens is 2. The molecule has 0 unspecified atom stereocenters. The number of nitrogens with one attached hydrogen (secondary N) is 2. The summed E-state index contributed by atoms with van der Waals surface area (Å²) in [4.78, 5) is 11.6. The predicted octanol–water partition coefficient (Wildman–Crippen LogP) is 3.56. The minimum Gasteiger partial charge on any atom is -0.494 e. The van der Waals surface area contributed by atoms with Crippen LogP contribution in [0.15, 0.2) is 42.5 Å². The Labute approximate surface area is 138 Å². The summed E-state index contributed by atoms with van der Waals surface area (Å²) in [5.41, 5.74) is 0.166. The van der Waals surface area contributed by atoms with Crippen molar-refractivity contribution in [2.24, 2.45) is 0 Å². The maximum absolute atomic E-state index is 13.0. The Bertz CT molecular complexity index is 678. The van der Waals surface area contributed by atoms with Crippen molar-refractivity contribution in [3.8, 4) is 11.5 Å². The Hall–Kier alpha value is -2.83. The van der Waals surface area contributed by atoms with Crippen molar-refractivity contribution in [1.82, 2.24) is 5.32 Å². The van der Waals surface area contributed by atoms with Crippen LogP contribution in [0.2, 0.25) is 0 Å². The minimum absolute atomic E-state index is 0.166. The number of carbonyl (C=O) groups excluding carboxylic acids is 1. The van der Waals surface area contributed by atoms with Crippen LogP contribution in [0.25, 0.3) is 0 Å². The second kappa shape index (κ2) is 8.71. The summed E-state index contributed by atoms with van der Waals surface area (Å²) in [5, 5.41) is 4.95. The first-order valence-corrected chi connectivity index (χ1v) is 7.44. The first-order valence-electron chi connectivity index (χ1n) is 7.44. The lowest BCUT2D eigenvalue weighted by atomic mass is 10.3. The number of anilines is 1. The van der Waals surface area contributed by atoms with Crippen molar-refractivity contribution >= 4 is 11.7 Å². The van der Waals surface area contributed by atoms with E-state index in [1.807, 2.05) is 6.92 Å². The number of carbonyl (C=O) groups is 1. The largest absolute Gasteiger partial charge is 0.494 e. The fourth-order valence-electron chi connectivity index (χ4n) is 1.88. The molecule has 128 valence electrons. The second-order valence-electron chi connectivity index (χ2n) is 4.76. The number of urea groups is 1. The molecule has 2 aromatic rings. The van der Waals surface area contributed by atoms with E-state index in [-0.39, 0.29) is 18.8 Å². The Balaban J connectivity index is 1.69. The zero-order valence-corrected chi connectivity index (χ0v) is 13.1. The van der Waals surface area contributed by atoms with Crippen LogP contribution in [0.4, 0.5) is 19.3 Å². The van der Waals surface area contributed by atoms with Gasteiger partial charge < -0.3 is 20.1 Å². The molecule has 0 heterocycles. The quantitative estimate of drug-likeness (QED) is 0.760. The third-order valence-electron chi connectivity index (χ3n) is 2.97. The maximum Gasteiger partial charge on any atom is 0.319 e. The van der Waals surface area contributed by atoms with Crippen LogP contribution in [-0.2, 0) is 0 Å². The maximum atomic E-state index is 13.0. The summed E-state index contributed by atoms with van der Waals surface area (Å²) in [7, 11) is 0. The molecule has 2 aromatic carbocycles. The van der Waals surface area contributed by atoms with Gasteiger partial charge in [0.15, 0.2) is 11.6 Å². The molecule has 0 radical (unpaired) electrons. The van der Waals surface area contributed by atoms with Crippen LogP contribution in [0.5, 0.6) is 11.5 Å². The minimum atomic E-state index is -1.02. The molecule has 0 aliphatic heterocycles. The van der Waals surface area contributed by atoms with Gasteiger partial charge in [0.2, 0.25) is 0 Å². The third-order valence-corrected chi connectivity index (χ3v) is 2.97. The highest BCUT2D eigenvalue weighted by Gasteiger charge is 2.05. The van der Waals surface area contributed by atoms with Crippen molar-refractivity contribution in [3.05, 3.63) is 54.1 Å². The third kappa shape index (κ3) is 5.42. The standard InChI is InChI=1S/C17H18F2N2O3/c1-2-23-13-4-6-14(7-5-13)24-10-9-20-17(22)21-12-3-8-15(18)16(19)11-12/h3-8,11H,2,9-10H2,1H3,(H2,20,21,22). The predicted molar refractivity (Wildman–Crippen MR) is 86.5 cm³/mol.